The van der Waals surface area contributed by atoms with Gasteiger partial charge in [0.2, 0.25) is 5.95 Å². The second kappa shape index (κ2) is 10.5. The number of piperidine rings is 1. The predicted molar refractivity (Wildman–Crippen MR) is 151 cm³/mol. The van der Waals surface area contributed by atoms with Crippen molar-refractivity contribution in [3.8, 4) is 0 Å². The molecule has 12 heteroatoms. The molecule has 1 saturated heterocycles. The van der Waals surface area contributed by atoms with Crippen LogP contribution in [0.4, 0.5) is 5.95 Å². The van der Waals surface area contributed by atoms with E-state index in [0.717, 1.165) is 5.01 Å². The van der Waals surface area contributed by atoms with Crippen molar-refractivity contribution in [2.75, 3.05) is 18.4 Å². The average Bonchev–Trinajstić information content (AvgIpc) is 3.74. The largest absolute Gasteiger partial charge is 0.324 e. The summed E-state index contributed by atoms with van der Waals surface area (Å²) in [5.41, 5.74) is 2.66. The molecule has 198 valence electrons. The molecule has 6 rings (SSSR count). The van der Waals surface area contributed by atoms with Crippen LogP contribution in [0.15, 0.2) is 75.6 Å². The summed E-state index contributed by atoms with van der Waals surface area (Å²) in [5.74, 6) is -0.128. The molecule has 0 unspecified atom stereocenters. The fourth-order valence-corrected chi connectivity index (χ4v) is 8.18. The molecular formula is C27H23N5O4S3. The van der Waals surface area contributed by atoms with Gasteiger partial charge in [0.15, 0.2) is 5.78 Å². The molecule has 3 aromatic heterocycles. The van der Waals surface area contributed by atoms with Crippen molar-refractivity contribution in [2.45, 2.75) is 23.0 Å². The van der Waals surface area contributed by atoms with Gasteiger partial charge in [0, 0.05) is 35.5 Å². The Kier molecular flexibility index (Phi) is 6.85. The third-order valence-electron chi connectivity index (χ3n) is 6.66. The number of H-pyrrole nitrogens is 1. The molecule has 0 aliphatic carbocycles. The Morgan fingerprint density at radius 2 is 1.74 bits per heavy atom. The first-order chi connectivity index (χ1) is 18.9. The Bertz CT molecular complexity index is 1750. The van der Waals surface area contributed by atoms with Gasteiger partial charge in [-0.3, -0.25) is 14.9 Å². The highest BCUT2D eigenvalue weighted by atomic mass is 32.2. The number of ketones is 1. The van der Waals surface area contributed by atoms with Crippen molar-refractivity contribution < 1.29 is 18.0 Å². The Hall–Kier alpha value is -3.71. The quantitative estimate of drug-likeness (QED) is 0.258. The molecule has 2 N–H and O–H groups in total. The maximum absolute atomic E-state index is 12.9. The number of anilines is 1. The number of benzene rings is 2. The van der Waals surface area contributed by atoms with E-state index in [-0.39, 0.29) is 23.3 Å². The summed E-state index contributed by atoms with van der Waals surface area (Å²) in [7, 11) is -3.46. The van der Waals surface area contributed by atoms with E-state index in [0.29, 0.717) is 52.3 Å². The molecule has 4 heterocycles. The summed E-state index contributed by atoms with van der Waals surface area (Å²) in [6.07, 6.45) is 1.29. The zero-order valence-electron chi connectivity index (χ0n) is 20.5. The standard InChI is InChI=1S/C27H23N5O4S3/c33-24(17-5-2-1-3-6-17)19-8-9-20-21(15-19)30-27(29-20)31-25(34)22-16-38-26(28-22)18-10-12-32(13-11-18)39(35,36)23-7-4-14-37-23/h1-9,14-16,18H,10-13H2,(H2,29,30,31,34). The van der Waals surface area contributed by atoms with Gasteiger partial charge in [0.1, 0.15) is 9.90 Å². The van der Waals surface area contributed by atoms with E-state index in [9.17, 15) is 18.0 Å². The van der Waals surface area contributed by atoms with Crippen molar-refractivity contribution in [3.63, 3.8) is 0 Å². The lowest BCUT2D eigenvalue weighted by atomic mass is 9.99. The monoisotopic (exact) mass is 577 g/mol. The second-order valence-corrected chi connectivity index (χ2v) is 13.2. The number of hydrogen-bond acceptors (Lipinski definition) is 8. The number of aromatic amines is 1. The van der Waals surface area contributed by atoms with Crippen LogP contribution in [0.5, 0.6) is 0 Å². The number of rotatable bonds is 7. The number of imidazole rings is 1. The van der Waals surface area contributed by atoms with Gasteiger partial charge >= 0.3 is 0 Å². The van der Waals surface area contributed by atoms with Gasteiger partial charge in [-0.1, -0.05) is 36.4 Å². The van der Waals surface area contributed by atoms with E-state index in [1.165, 1.54) is 27.0 Å². The molecule has 1 aliphatic rings. The van der Waals surface area contributed by atoms with E-state index in [1.807, 2.05) is 18.2 Å². The predicted octanol–water partition coefficient (Wildman–Crippen LogP) is 5.13. The van der Waals surface area contributed by atoms with Crippen molar-refractivity contribution >= 4 is 61.4 Å². The lowest BCUT2D eigenvalue weighted by Gasteiger charge is -2.29. The molecule has 9 nitrogen and oxygen atoms in total. The molecule has 0 radical (unpaired) electrons. The first kappa shape index (κ1) is 25.6. The summed E-state index contributed by atoms with van der Waals surface area (Å²) in [6.45, 7) is 0.833. The molecule has 2 aromatic carbocycles. The second-order valence-electron chi connectivity index (χ2n) is 9.15. The van der Waals surface area contributed by atoms with Crippen LogP contribution in [0, 0.1) is 0 Å². The Labute approximate surface area is 232 Å². The average molecular weight is 578 g/mol. The van der Waals surface area contributed by atoms with Gasteiger partial charge in [-0.25, -0.2) is 18.4 Å². The van der Waals surface area contributed by atoms with E-state index in [2.05, 4.69) is 20.3 Å². The summed E-state index contributed by atoms with van der Waals surface area (Å²) >= 11 is 2.63. The molecule has 1 amide bonds. The molecule has 0 atom stereocenters. The molecular weight excluding hydrogens is 555 g/mol. The maximum Gasteiger partial charge on any atom is 0.277 e. The van der Waals surface area contributed by atoms with Crippen LogP contribution in [0.3, 0.4) is 0 Å². The van der Waals surface area contributed by atoms with Crippen molar-refractivity contribution in [3.05, 3.63) is 93.3 Å². The fraction of sp³-hybridized carbons (Fsp3) is 0.185. The summed E-state index contributed by atoms with van der Waals surface area (Å²) in [5, 5.41) is 7.04. The van der Waals surface area contributed by atoms with Gasteiger partial charge in [0.25, 0.3) is 15.9 Å². The van der Waals surface area contributed by atoms with Crippen molar-refractivity contribution in [2.24, 2.45) is 0 Å². The third-order valence-corrected chi connectivity index (χ3v) is 10.9. The molecule has 1 aliphatic heterocycles. The SMILES string of the molecule is O=C(c1ccccc1)c1ccc2nc(NC(=O)c3csc(C4CCN(S(=O)(=O)c5cccs5)CC4)n3)[nH]c2c1. The molecule has 0 saturated carbocycles. The Balaban J connectivity index is 1.10. The molecule has 5 aromatic rings. The van der Waals surface area contributed by atoms with Crippen LogP contribution in [0.2, 0.25) is 0 Å². The number of aromatic nitrogens is 3. The molecule has 0 bridgehead atoms. The number of fused-ring (bicyclic) bond motifs is 1. The van der Waals surface area contributed by atoms with E-state index < -0.39 is 15.9 Å². The van der Waals surface area contributed by atoms with Gasteiger partial charge < -0.3 is 4.98 Å². The summed E-state index contributed by atoms with van der Waals surface area (Å²) in [4.78, 5) is 37.7. The lowest BCUT2D eigenvalue weighted by Crippen LogP contribution is -2.37. The van der Waals surface area contributed by atoms with Gasteiger partial charge in [-0.05, 0) is 42.5 Å². The molecule has 1 fully saturated rings. The normalized spacial score (nSPS) is 15.0. The molecule has 39 heavy (non-hydrogen) atoms. The van der Waals surface area contributed by atoms with E-state index >= 15 is 0 Å². The Morgan fingerprint density at radius 3 is 2.49 bits per heavy atom. The van der Waals surface area contributed by atoms with Crippen molar-refractivity contribution in [1.82, 2.24) is 19.3 Å². The van der Waals surface area contributed by atoms with Crippen LogP contribution in [-0.4, -0.2) is 52.5 Å². The van der Waals surface area contributed by atoms with Crippen LogP contribution >= 0.6 is 22.7 Å². The first-order valence-electron chi connectivity index (χ1n) is 12.3. The number of thiophene rings is 1. The van der Waals surface area contributed by atoms with E-state index in [4.69, 9.17) is 0 Å². The van der Waals surface area contributed by atoms with Gasteiger partial charge in [-0.2, -0.15) is 4.31 Å². The number of nitrogens with one attached hydrogen (secondary N) is 2. The van der Waals surface area contributed by atoms with Crippen molar-refractivity contribution in [1.29, 1.82) is 0 Å². The topological polar surface area (TPSA) is 125 Å². The number of nitrogens with zero attached hydrogens (tertiary/aromatic N) is 3. The highest BCUT2D eigenvalue weighted by Crippen LogP contribution is 2.33. The highest BCUT2D eigenvalue weighted by molar-refractivity contribution is 7.91. The zero-order valence-corrected chi connectivity index (χ0v) is 23.0. The maximum atomic E-state index is 12.9. The van der Waals surface area contributed by atoms with Crippen LogP contribution in [-0.2, 0) is 10.0 Å². The number of sulfonamides is 1. The minimum atomic E-state index is -3.46. The fourth-order valence-electron chi connectivity index (χ4n) is 4.60. The number of thiazole rings is 1. The van der Waals surface area contributed by atoms with Crippen LogP contribution < -0.4 is 5.32 Å². The van der Waals surface area contributed by atoms with Gasteiger partial charge in [-0.15, -0.1) is 22.7 Å². The lowest BCUT2D eigenvalue weighted by molar-refractivity contribution is 0.101. The number of carbonyl (C=O) groups excluding carboxylic acids is 2. The smallest absolute Gasteiger partial charge is 0.277 e. The number of amides is 1. The summed E-state index contributed by atoms with van der Waals surface area (Å²) < 4.78 is 27.5. The van der Waals surface area contributed by atoms with Crippen LogP contribution in [0.25, 0.3) is 11.0 Å². The van der Waals surface area contributed by atoms with Crippen LogP contribution in [0.1, 0.15) is 50.2 Å². The summed E-state index contributed by atoms with van der Waals surface area (Å²) in [6, 6.07) is 17.6. The molecule has 0 spiro atoms. The van der Waals surface area contributed by atoms with Gasteiger partial charge in [0.05, 0.1) is 16.0 Å². The minimum absolute atomic E-state index is 0.0948. The number of hydrogen-bond donors (Lipinski definition) is 2. The first-order valence-corrected chi connectivity index (χ1v) is 15.5. The third kappa shape index (κ3) is 5.15. The minimum Gasteiger partial charge on any atom is -0.324 e. The highest BCUT2D eigenvalue weighted by Gasteiger charge is 2.32. The number of carbonyl (C=O) groups is 2. The zero-order chi connectivity index (χ0) is 27.0. The Morgan fingerprint density at radius 1 is 0.949 bits per heavy atom. The van der Waals surface area contributed by atoms with E-state index in [1.54, 1.807) is 53.2 Å².